The Kier molecular flexibility index (Phi) is 4.04. The van der Waals surface area contributed by atoms with Crippen LogP contribution in [0.15, 0.2) is 24.3 Å². The van der Waals surface area contributed by atoms with E-state index in [1.54, 1.807) is 6.92 Å². The second-order valence-corrected chi connectivity index (χ2v) is 3.96. The third kappa shape index (κ3) is 2.40. The van der Waals surface area contributed by atoms with Gasteiger partial charge in [0.2, 0.25) is 0 Å². The average Bonchev–Trinajstić information content (AvgIpc) is 2.26. The van der Waals surface area contributed by atoms with Gasteiger partial charge in [0.1, 0.15) is 5.54 Å². The standard InChI is InChI=1S/C12H18N2O2/c1-9-5-3-4-6-10(9)12(2,11(15)16)14-8-7-13/h3-6,14H,7-8,13H2,1-2H3,(H,15,16). The van der Waals surface area contributed by atoms with E-state index >= 15 is 0 Å². The Balaban J connectivity index is 3.11. The first-order valence-corrected chi connectivity index (χ1v) is 5.27. The molecule has 4 heteroatoms. The van der Waals surface area contributed by atoms with Crippen LogP contribution in [0.5, 0.6) is 0 Å². The van der Waals surface area contributed by atoms with Crippen molar-refractivity contribution in [2.75, 3.05) is 13.1 Å². The number of aryl methyl sites for hydroxylation is 1. The van der Waals surface area contributed by atoms with Crippen LogP contribution in [0.1, 0.15) is 18.1 Å². The molecule has 0 aliphatic heterocycles. The van der Waals surface area contributed by atoms with Gasteiger partial charge < -0.3 is 10.8 Å². The van der Waals surface area contributed by atoms with E-state index in [1.807, 2.05) is 31.2 Å². The number of nitrogens with one attached hydrogen (secondary N) is 1. The van der Waals surface area contributed by atoms with Crippen molar-refractivity contribution < 1.29 is 9.90 Å². The molecule has 0 bridgehead atoms. The minimum atomic E-state index is -1.08. The SMILES string of the molecule is Cc1ccccc1C(C)(NCCN)C(=O)O. The summed E-state index contributed by atoms with van der Waals surface area (Å²) in [5, 5.41) is 12.3. The van der Waals surface area contributed by atoms with Gasteiger partial charge in [0.15, 0.2) is 0 Å². The van der Waals surface area contributed by atoms with Gasteiger partial charge in [0.25, 0.3) is 0 Å². The van der Waals surface area contributed by atoms with Crippen LogP contribution in [0.3, 0.4) is 0 Å². The third-order valence-electron chi connectivity index (χ3n) is 2.73. The highest BCUT2D eigenvalue weighted by atomic mass is 16.4. The average molecular weight is 222 g/mol. The summed E-state index contributed by atoms with van der Waals surface area (Å²) < 4.78 is 0. The monoisotopic (exact) mass is 222 g/mol. The Labute approximate surface area is 95.5 Å². The number of carboxylic acid groups (broad SMARTS) is 1. The van der Waals surface area contributed by atoms with E-state index in [0.717, 1.165) is 11.1 Å². The molecule has 0 saturated heterocycles. The fraction of sp³-hybridized carbons (Fsp3) is 0.417. The molecule has 0 heterocycles. The molecular formula is C12H18N2O2. The molecule has 0 amide bonds. The molecule has 0 spiro atoms. The normalized spacial score (nSPS) is 14.4. The maximum atomic E-state index is 11.4. The minimum absolute atomic E-state index is 0.411. The summed E-state index contributed by atoms with van der Waals surface area (Å²) in [6, 6.07) is 7.46. The molecule has 1 rings (SSSR count). The van der Waals surface area contributed by atoms with Crippen molar-refractivity contribution in [1.82, 2.24) is 5.32 Å². The maximum absolute atomic E-state index is 11.4. The van der Waals surface area contributed by atoms with Gasteiger partial charge in [0.05, 0.1) is 0 Å². The van der Waals surface area contributed by atoms with Gasteiger partial charge in [-0.3, -0.25) is 5.32 Å². The Morgan fingerprint density at radius 1 is 1.50 bits per heavy atom. The van der Waals surface area contributed by atoms with E-state index in [2.05, 4.69) is 5.32 Å². The predicted octanol–water partition coefficient (Wildman–Crippen LogP) is 0.843. The lowest BCUT2D eigenvalue weighted by Crippen LogP contribution is -2.48. The third-order valence-corrected chi connectivity index (χ3v) is 2.73. The lowest BCUT2D eigenvalue weighted by Gasteiger charge is -2.28. The summed E-state index contributed by atoms with van der Waals surface area (Å²) >= 11 is 0. The number of rotatable bonds is 5. The Bertz CT molecular complexity index is 379. The highest BCUT2D eigenvalue weighted by Crippen LogP contribution is 2.24. The van der Waals surface area contributed by atoms with Crippen molar-refractivity contribution in [2.45, 2.75) is 19.4 Å². The number of carbonyl (C=O) groups is 1. The van der Waals surface area contributed by atoms with Crippen molar-refractivity contribution in [1.29, 1.82) is 0 Å². The Morgan fingerprint density at radius 3 is 2.62 bits per heavy atom. The molecule has 1 aromatic carbocycles. The number of carboxylic acids is 1. The summed E-state index contributed by atoms with van der Waals surface area (Å²) in [4.78, 5) is 11.4. The second kappa shape index (κ2) is 5.09. The summed E-state index contributed by atoms with van der Waals surface area (Å²) in [6.45, 7) is 4.44. The van der Waals surface area contributed by atoms with Crippen LogP contribution in [0, 0.1) is 6.92 Å². The van der Waals surface area contributed by atoms with Crippen molar-refractivity contribution in [3.05, 3.63) is 35.4 Å². The van der Waals surface area contributed by atoms with Gasteiger partial charge in [-0.2, -0.15) is 0 Å². The molecule has 4 nitrogen and oxygen atoms in total. The predicted molar refractivity (Wildman–Crippen MR) is 63.2 cm³/mol. The zero-order chi connectivity index (χ0) is 12.2. The molecule has 0 aliphatic carbocycles. The molecule has 1 unspecified atom stereocenters. The number of nitrogens with two attached hydrogens (primary N) is 1. The van der Waals surface area contributed by atoms with Crippen LogP contribution in [-0.2, 0) is 10.3 Å². The first-order chi connectivity index (χ1) is 7.52. The van der Waals surface area contributed by atoms with Crippen LogP contribution < -0.4 is 11.1 Å². The topological polar surface area (TPSA) is 75.3 Å². The Morgan fingerprint density at radius 2 is 2.12 bits per heavy atom. The quantitative estimate of drug-likeness (QED) is 0.690. The van der Waals surface area contributed by atoms with Crippen molar-refractivity contribution >= 4 is 5.97 Å². The molecule has 1 atom stereocenters. The van der Waals surface area contributed by atoms with Crippen molar-refractivity contribution in [2.24, 2.45) is 5.73 Å². The largest absolute Gasteiger partial charge is 0.480 e. The van der Waals surface area contributed by atoms with Gasteiger partial charge >= 0.3 is 5.97 Å². The van der Waals surface area contributed by atoms with Crippen LogP contribution in [0.2, 0.25) is 0 Å². The molecular weight excluding hydrogens is 204 g/mol. The Hall–Kier alpha value is -1.39. The lowest BCUT2D eigenvalue weighted by atomic mass is 9.88. The summed E-state index contributed by atoms with van der Waals surface area (Å²) in [6.07, 6.45) is 0. The number of hydrogen-bond acceptors (Lipinski definition) is 3. The minimum Gasteiger partial charge on any atom is -0.480 e. The van der Waals surface area contributed by atoms with Gasteiger partial charge in [-0.15, -0.1) is 0 Å². The zero-order valence-electron chi connectivity index (χ0n) is 9.66. The van der Waals surface area contributed by atoms with Crippen LogP contribution in [0.4, 0.5) is 0 Å². The van der Waals surface area contributed by atoms with Crippen molar-refractivity contribution in [3.63, 3.8) is 0 Å². The molecule has 0 aliphatic rings. The van der Waals surface area contributed by atoms with E-state index in [9.17, 15) is 9.90 Å². The fourth-order valence-electron chi connectivity index (χ4n) is 1.74. The number of hydrogen-bond donors (Lipinski definition) is 3. The van der Waals surface area contributed by atoms with E-state index in [0.29, 0.717) is 13.1 Å². The first kappa shape index (κ1) is 12.7. The second-order valence-electron chi connectivity index (χ2n) is 3.96. The van der Waals surface area contributed by atoms with Gasteiger partial charge in [-0.25, -0.2) is 4.79 Å². The molecule has 88 valence electrons. The van der Waals surface area contributed by atoms with E-state index < -0.39 is 11.5 Å². The molecule has 0 saturated carbocycles. The van der Waals surface area contributed by atoms with Crippen LogP contribution in [-0.4, -0.2) is 24.2 Å². The van der Waals surface area contributed by atoms with E-state index in [-0.39, 0.29) is 0 Å². The van der Waals surface area contributed by atoms with Gasteiger partial charge in [-0.05, 0) is 25.0 Å². The number of benzene rings is 1. The van der Waals surface area contributed by atoms with Crippen molar-refractivity contribution in [3.8, 4) is 0 Å². The van der Waals surface area contributed by atoms with Crippen LogP contribution in [0.25, 0.3) is 0 Å². The highest BCUT2D eigenvalue weighted by molar-refractivity contribution is 5.80. The fourth-order valence-corrected chi connectivity index (χ4v) is 1.74. The van der Waals surface area contributed by atoms with Gasteiger partial charge in [-0.1, -0.05) is 24.3 Å². The molecule has 0 aromatic heterocycles. The summed E-state index contributed by atoms with van der Waals surface area (Å²) in [7, 11) is 0. The molecule has 0 fully saturated rings. The lowest BCUT2D eigenvalue weighted by molar-refractivity contribution is -0.144. The number of aliphatic carboxylic acids is 1. The smallest absolute Gasteiger partial charge is 0.328 e. The summed E-state index contributed by atoms with van der Waals surface area (Å²) in [5.41, 5.74) is 6.05. The van der Waals surface area contributed by atoms with E-state index in [1.165, 1.54) is 0 Å². The van der Waals surface area contributed by atoms with Gasteiger partial charge in [0, 0.05) is 13.1 Å². The molecule has 1 aromatic rings. The summed E-state index contributed by atoms with van der Waals surface area (Å²) in [5.74, 6) is -0.893. The first-order valence-electron chi connectivity index (χ1n) is 5.27. The van der Waals surface area contributed by atoms with Crippen LogP contribution >= 0.6 is 0 Å². The molecule has 0 radical (unpaired) electrons. The zero-order valence-corrected chi connectivity index (χ0v) is 9.66. The van der Waals surface area contributed by atoms with E-state index in [4.69, 9.17) is 5.73 Å². The molecule has 4 N–H and O–H groups in total. The highest BCUT2D eigenvalue weighted by Gasteiger charge is 2.35. The molecule has 16 heavy (non-hydrogen) atoms. The maximum Gasteiger partial charge on any atom is 0.328 e.